The molecule has 5 nitrogen and oxygen atoms in total. The molecule has 0 unspecified atom stereocenters. The highest BCUT2D eigenvalue weighted by atomic mass is 35.5. The number of thiophene rings is 1. The molecule has 4 rings (SSSR count). The summed E-state index contributed by atoms with van der Waals surface area (Å²) in [6.07, 6.45) is 0.716. The third-order valence-electron chi connectivity index (χ3n) is 5.15. The van der Waals surface area contributed by atoms with Gasteiger partial charge in [-0.3, -0.25) is 4.79 Å². The van der Waals surface area contributed by atoms with Crippen molar-refractivity contribution in [1.82, 2.24) is 9.21 Å². The first-order chi connectivity index (χ1) is 14.3. The van der Waals surface area contributed by atoms with Gasteiger partial charge in [-0.25, -0.2) is 8.42 Å². The average Bonchev–Trinajstić information content (AvgIpc) is 3.21. The van der Waals surface area contributed by atoms with Crippen LogP contribution in [0.25, 0.3) is 0 Å². The number of rotatable bonds is 5. The van der Waals surface area contributed by atoms with Gasteiger partial charge in [0.1, 0.15) is 0 Å². The van der Waals surface area contributed by atoms with E-state index < -0.39 is 10.0 Å². The van der Waals surface area contributed by atoms with Gasteiger partial charge in [0.25, 0.3) is 5.91 Å². The van der Waals surface area contributed by atoms with E-state index in [0.29, 0.717) is 36.6 Å². The van der Waals surface area contributed by atoms with E-state index in [0.717, 1.165) is 11.1 Å². The molecule has 0 N–H and O–H groups in total. The zero-order valence-electron chi connectivity index (χ0n) is 16.4. The highest BCUT2D eigenvalue weighted by Crippen LogP contribution is 2.28. The number of halogens is 1. The Bertz CT molecular complexity index is 1190. The monoisotopic (exact) mass is 460 g/mol. The largest absolute Gasteiger partial charge is 0.337 e. The molecular weight excluding hydrogens is 440 g/mol. The van der Waals surface area contributed by atoms with Crippen LogP contribution < -0.4 is 0 Å². The van der Waals surface area contributed by atoms with Crippen molar-refractivity contribution in [3.05, 3.63) is 86.6 Å². The number of sulfonamides is 1. The maximum Gasteiger partial charge on any atom is 0.253 e. The summed E-state index contributed by atoms with van der Waals surface area (Å²) < 4.78 is 27.9. The number of carbonyl (C=O) groups excluding carboxylic acids is 1. The molecule has 0 aliphatic carbocycles. The fourth-order valence-corrected chi connectivity index (χ4v) is 6.14. The zero-order valence-corrected chi connectivity index (χ0v) is 18.8. The van der Waals surface area contributed by atoms with Crippen LogP contribution in [0.3, 0.4) is 0 Å². The molecule has 30 heavy (non-hydrogen) atoms. The van der Waals surface area contributed by atoms with Gasteiger partial charge in [0.05, 0.1) is 4.90 Å². The fraction of sp³-hybridized carbons (Fsp3) is 0.227. The minimum atomic E-state index is -3.68. The van der Waals surface area contributed by atoms with Gasteiger partial charge in [-0.05, 0) is 59.3 Å². The Hall–Kier alpha value is -2.19. The van der Waals surface area contributed by atoms with E-state index in [9.17, 15) is 13.2 Å². The number of amides is 1. The van der Waals surface area contributed by atoms with Crippen molar-refractivity contribution in [2.75, 3.05) is 13.6 Å². The van der Waals surface area contributed by atoms with Gasteiger partial charge in [-0.1, -0.05) is 29.8 Å². The van der Waals surface area contributed by atoms with E-state index in [1.165, 1.54) is 15.2 Å². The summed E-state index contributed by atoms with van der Waals surface area (Å²) in [4.78, 5) is 15.8. The second-order valence-electron chi connectivity index (χ2n) is 7.28. The lowest BCUT2D eigenvalue weighted by atomic mass is 10.1. The van der Waals surface area contributed by atoms with E-state index in [4.69, 9.17) is 11.6 Å². The first kappa shape index (κ1) is 21.1. The summed E-state index contributed by atoms with van der Waals surface area (Å²) in [5, 5.41) is 2.60. The summed E-state index contributed by atoms with van der Waals surface area (Å²) in [6.45, 7) is 1.19. The van der Waals surface area contributed by atoms with E-state index in [1.54, 1.807) is 53.6 Å². The van der Waals surface area contributed by atoms with Crippen molar-refractivity contribution < 1.29 is 13.2 Å². The van der Waals surface area contributed by atoms with E-state index in [1.807, 2.05) is 23.6 Å². The number of hydrogen-bond donors (Lipinski definition) is 0. The predicted molar refractivity (Wildman–Crippen MR) is 119 cm³/mol. The Balaban J connectivity index is 1.54. The summed E-state index contributed by atoms with van der Waals surface area (Å²) in [6, 6.07) is 15.6. The van der Waals surface area contributed by atoms with Crippen LogP contribution in [0.4, 0.5) is 0 Å². The molecule has 1 aromatic heterocycles. The lowest BCUT2D eigenvalue weighted by Gasteiger charge is -2.26. The number of fused-ring (bicyclic) bond motifs is 1. The molecule has 1 amide bonds. The highest BCUT2D eigenvalue weighted by Gasteiger charge is 2.29. The van der Waals surface area contributed by atoms with Crippen LogP contribution in [0, 0.1) is 0 Å². The maximum absolute atomic E-state index is 13.2. The summed E-state index contributed by atoms with van der Waals surface area (Å²) in [5.74, 6) is -0.245. The molecule has 0 atom stereocenters. The van der Waals surface area contributed by atoms with Gasteiger partial charge in [0.15, 0.2) is 0 Å². The minimum absolute atomic E-state index is 0.142. The van der Waals surface area contributed by atoms with Gasteiger partial charge in [-0.2, -0.15) is 4.31 Å². The maximum atomic E-state index is 13.2. The predicted octanol–water partition coefficient (Wildman–Crippen LogP) is 4.42. The standard InChI is InChI=1S/C22H21ClN2O3S2/c1-24(14-16-4-2-6-19(23)12-16)22(26)17-5-3-7-20(13-17)30(27,28)25-10-8-21-18(15-25)9-11-29-21/h2-7,9,11-13H,8,10,14-15H2,1H3. The van der Waals surface area contributed by atoms with Gasteiger partial charge >= 0.3 is 0 Å². The van der Waals surface area contributed by atoms with Crippen molar-refractivity contribution in [3.63, 3.8) is 0 Å². The molecule has 3 aromatic rings. The van der Waals surface area contributed by atoms with Gasteiger partial charge < -0.3 is 4.90 Å². The van der Waals surface area contributed by atoms with Crippen molar-refractivity contribution >= 4 is 38.9 Å². The lowest BCUT2D eigenvalue weighted by molar-refractivity contribution is 0.0785. The van der Waals surface area contributed by atoms with Crippen molar-refractivity contribution in [1.29, 1.82) is 0 Å². The smallest absolute Gasteiger partial charge is 0.253 e. The first-order valence-electron chi connectivity index (χ1n) is 9.50. The Labute approximate surface area is 185 Å². The SMILES string of the molecule is CN(Cc1cccc(Cl)c1)C(=O)c1cccc(S(=O)(=O)N2CCc3sccc3C2)c1. The van der Waals surface area contributed by atoms with Crippen LogP contribution in [-0.2, 0) is 29.5 Å². The zero-order chi connectivity index (χ0) is 21.3. The van der Waals surface area contributed by atoms with E-state index in [2.05, 4.69) is 0 Å². The number of carbonyl (C=O) groups is 1. The molecule has 1 aliphatic rings. The molecule has 2 heterocycles. The fourth-order valence-electron chi connectivity index (χ4n) is 3.57. The van der Waals surface area contributed by atoms with Crippen LogP contribution in [0.5, 0.6) is 0 Å². The molecule has 1 aliphatic heterocycles. The first-order valence-corrected chi connectivity index (χ1v) is 12.2. The quantitative estimate of drug-likeness (QED) is 0.566. The molecule has 0 bridgehead atoms. The molecule has 0 radical (unpaired) electrons. The number of benzene rings is 2. The molecule has 156 valence electrons. The molecule has 2 aromatic carbocycles. The van der Waals surface area contributed by atoms with Crippen molar-refractivity contribution in [2.45, 2.75) is 24.4 Å². The molecular formula is C22H21ClN2O3S2. The molecule has 0 saturated heterocycles. The molecule has 0 spiro atoms. The summed E-state index contributed by atoms with van der Waals surface area (Å²) in [5.41, 5.74) is 2.30. The van der Waals surface area contributed by atoms with E-state index >= 15 is 0 Å². The Kier molecular flexibility index (Phi) is 5.97. The van der Waals surface area contributed by atoms with E-state index in [-0.39, 0.29) is 10.8 Å². The lowest BCUT2D eigenvalue weighted by Crippen LogP contribution is -2.35. The third kappa shape index (κ3) is 4.30. The van der Waals surface area contributed by atoms with Crippen LogP contribution >= 0.6 is 22.9 Å². The number of hydrogen-bond acceptors (Lipinski definition) is 4. The normalized spacial score (nSPS) is 14.3. The van der Waals surface area contributed by atoms with Gasteiger partial charge in [0.2, 0.25) is 10.0 Å². The van der Waals surface area contributed by atoms with Crippen LogP contribution in [-0.4, -0.2) is 37.1 Å². The highest BCUT2D eigenvalue weighted by molar-refractivity contribution is 7.89. The Morgan fingerprint density at radius 1 is 1.17 bits per heavy atom. The van der Waals surface area contributed by atoms with Crippen LogP contribution in [0.1, 0.15) is 26.4 Å². The van der Waals surface area contributed by atoms with Gasteiger partial charge in [-0.15, -0.1) is 11.3 Å². The summed E-state index contributed by atoms with van der Waals surface area (Å²) in [7, 11) is -1.99. The Morgan fingerprint density at radius 2 is 1.97 bits per heavy atom. The summed E-state index contributed by atoms with van der Waals surface area (Å²) >= 11 is 7.68. The minimum Gasteiger partial charge on any atom is -0.337 e. The third-order valence-corrected chi connectivity index (χ3v) is 8.25. The molecule has 8 heteroatoms. The molecule has 0 fully saturated rings. The van der Waals surface area contributed by atoms with Gasteiger partial charge in [0, 0.05) is 42.1 Å². The van der Waals surface area contributed by atoms with Crippen LogP contribution in [0.2, 0.25) is 5.02 Å². The second-order valence-corrected chi connectivity index (χ2v) is 10.7. The molecule has 0 saturated carbocycles. The average molecular weight is 461 g/mol. The van der Waals surface area contributed by atoms with Crippen LogP contribution in [0.15, 0.2) is 64.9 Å². The van der Waals surface area contributed by atoms with Crippen molar-refractivity contribution in [2.24, 2.45) is 0 Å². The number of nitrogens with zero attached hydrogens (tertiary/aromatic N) is 2. The van der Waals surface area contributed by atoms with Crippen molar-refractivity contribution in [3.8, 4) is 0 Å². The topological polar surface area (TPSA) is 57.7 Å². The second kappa shape index (κ2) is 8.51. The Morgan fingerprint density at radius 3 is 2.77 bits per heavy atom.